The van der Waals surface area contributed by atoms with E-state index >= 15 is 0 Å². The van der Waals surface area contributed by atoms with Crippen LogP contribution in [0.15, 0.2) is 4.63 Å². The molecule has 5 rings (SSSR count). The molecule has 2 N–H and O–H groups in total. The molecule has 6 heteroatoms. The number of hydrogen-bond acceptors (Lipinski definition) is 5. The Morgan fingerprint density at radius 3 is 2.78 bits per heavy atom. The standard InChI is InChI=1S/C17H25N3O3/c1-3-15-4-12-5-16(8-15,10-17(22,6-12)9-15)14(21)18-7-13-11(2)19-23-20-13/h12,22H,3-10H2,1-2H3,(H,18,21). The molecule has 1 aromatic heterocycles. The van der Waals surface area contributed by atoms with Crippen LogP contribution >= 0.6 is 0 Å². The van der Waals surface area contributed by atoms with Crippen LogP contribution in [0.4, 0.5) is 0 Å². The van der Waals surface area contributed by atoms with E-state index in [1.165, 1.54) is 6.42 Å². The smallest absolute Gasteiger partial charge is 0.226 e. The maximum Gasteiger partial charge on any atom is 0.226 e. The van der Waals surface area contributed by atoms with Crippen LogP contribution in [0.25, 0.3) is 0 Å². The Morgan fingerprint density at radius 2 is 2.13 bits per heavy atom. The van der Waals surface area contributed by atoms with Crippen LogP contribution in [0.3, 0.4) is 0 Å². The number of carbonyl (C=O) groups is 1. The predicted molar refractivity (Wildman–Crippen MR) is 82.2 cm³/mol. The molecule has 1 amide bonds. The van der Waals surface area contributed by atoms with Crippen molar-refractivity contribution in [2.24, 2.45) is 16.7 Å². The third-order valence-corrected chi connectivity index (χ3v) is 6.55. The molecule has 0 aliphatic heterocycles. The summed E-state index contributed by atoms with van der Waals surface area (Å²) >= 11 is 0. The van der Waals surface area contributed by atoms with Gasteiger partial charge in [0.1, 0.15) is 11.4 Å². The summed E-state index contributed by atoms with van der Waals surface area (Å²) in [5.74, 6) is 0.553. The van der Waals surface area contributed by atoms with Gasteiger partial charge < -0.3 is 10.4 Å². The fourth-order valence-corrected chi connectivity index (χ4v) is 5.99. The maximum atomic E-state index is 13.0. The summed E-state index contributed by atoms with van der Waals surface area (Å²) in [7, 11) is 0. The summed E-state index contributed by atoms with van der Waals surface area (Å²) in [5.41, 5.74) is 0.482. The van der Waals surface area contributed by atoms with Gasteiger partial charge in [-0.2, -0.15) is 0 Å². The molecule has 0 spiro atoms. The van der Waals surface area contributed by atoms with E-state index in [1.807, 2.05) is 6.92 Å². The highest BCUT2D eigenvalue weighted by atomic mass is 16.6. The van der Waals surface area contributed by atoms with Crippen LogP contribution in [0, 0.1) is 23.7 Å². The van der Waals surface area contributed by atoms with Crippen LogP contribution < -0.4 is 5.32 Å². The minimum absolute atomic E-state index is 0.0697. The van der Waals surface area contributed by atoms with Gasteiger partial charge in [-0.15, -0.1) is 0 Å². The first-order valence-electron chi connectivity index (χ1n) is 8.66. The summed E-state index contributed by atoms with van der Waals surface area (Å²) < 4.78 is 4.69. The molecule has 4 unspecified atom stereocenters. The second-order valence-electron chi connectivity index (χ2n) is 8.35. The summed E-state index contributed by atoms with van der Waals surface area (Å²) in [6, 6.07) is 0. The summed E-state index contributed by atoms with van der Waals surface area (Å²) in [6.07, 6.45) is 6.40. The van der Waals surface area contributed by atoms with Gasteiger partial charge >= 0.3 is 0 Å². The molecular formula is C17H25N3O3. The highest BCUT2D eigenvalue weighted by molar-refractivity contribution is 5.83. The molecule has 23 heavy (non-hydrogen) atoms. The van der Waals surface area contributed by atoms with Crippen molar-refractivity contribution in [1.29, 1.82) is 0 Å². The maximum absolute atomic E-state index is 13.0. The summed E-state index contributed by atoms with van der Waals surface area (Å²) in [5, 5.41) is 21.6. The van der Waals surface area contributed by atoms with Gasteiger partial charge in [0.05, 0.1) is 17.6 Å². The van der Waals surface area contributed by atoms with Gasteiger partial charge in [0.25, 0.3) is 0 Å². The van der Waals surface area contributed by atoms with Crippen molar-refractivity contribution < 1.29 is 14.5 Å². The first kappa shape index (κ1) is 15.1. The van der Waals surface area contributed by atoms with Gasteiger partial charge in [-0.1, -0.05) is 23.7 Å². The van der Waals surface area contributed by atoms with Gasteiger partial charge in [0.15, 0.2) is 0 Å². The molecule has 4 fully saturated rings. The topological polar surface area (TPSA) is 88.2 Å². The third-order valence-electron chi connectivity index (χ3n) is 6.55. The predicted octanol–water partition coefficient (Wildman–Crippen LogP) is 2.11. The van der Waals surface area contributed by atoms with Crippen LogP contribution in [-0.4, -0.2) is 26.9 Å². The van der Waals surface area contributed by atoms with E-state index in [4.69, 9.17) is 0 Å². The molecule has 4 aliphatic rings. The lowest BCUT2D eigenvalue weighted by Crippen LogP contribution is -2.63. The van der Waals surface area contributed by atoms with E-state index < -0.39 is 11.0 Å². The first-order chi connectivity index (χ1) is 10.9. The highest BCUT2D eigenvalue weighted by Gasteiger charge is 2.64. The molecule has 126 valence electrons. The zero-order valence-corrected chi connectivity index (χ0v) is 13.9. The Balaban J connectivity index is 1.55. The quantitative estimate of drug-likeness (QED) is 0.887. The number of nitrogens with one attached hydrogen (secondary N) is 1. The van der Waals surface area contributed by atoms with Crippen LogP contribution in [0.2, 0.25) is 0 Å². The number of carbonyl (C=O) groups excluding carboxylic acids is 1. The zero-order chi connectivity index (χ0) is 16.3. The van der Waals surface area contributed by atoms with Crippen LogP contribution in [-0.2, 0) is 11.3 Å². The Morgan fingerprint density at radius 1 is 1.30 bits per heavy atom. The van der Waals surface area contributed by atoms with Crippen molar-refractivity contribution in [1.82, 2.24) is 15.6 Å². The minimum Gasteiger partial charge on any atom is -0.390 e. The van der Waals surface area contributed by atoms with Crippen molar-refractivity contribution in [3.63, 3.8) is 0 Å². The SMILES string of the molecule is CCC12CC3CC(O)(C1)CC(C(=O)NCc1nonc1C)(C3)C2. The van der Waals surface area contributed by atoms with Crippen LogP contribution in [0.1, 0.15) is 63.3 Å². The number of aliphatic hydroxyl groups is 1. The molecule has 6 nitrogen and oxygen atoms in total. The van der Waals surface area contributed by atoms with Gasteiger partial charge in [0.2, 0.25) is 5.91 Å². The molecule has 1 heterocycles. The Hall–Kier alpha value is -1.43. The molecular weight excluding hydrogens is 294 g/mol. The number of aryl methyl sites for hydroxylation is 1. The van der Waals surface area contributed by atoms with E-state index in [0.717, 1.165) is 32.1 Å². The second-order valence-corrected chi connectivity index (χ2v) is 8.35. The monoisotopic (exact) mass is 319 g/mol. The van der Waals surface area contributed by atoms with Crippen molar-refractivity contribution in [2.45, 2.75) is 70.9 Å². The van der Waals surface area contributed by atoms with Crippen molar-refractivity contribution >= 4 is 5.91 Å². The largest absolute Gasteiger partial charge is 0.390 e. The molecule has 0 radical (unpaired) electrons. The number of nitrogens with zero attached hydrogens (tertiary/aromatic N) is 2. The van der Waals surface area contributed by atoms with Crippen molar-refractivity contribution in [3.05, 3.63) is 11.4 Å². The molecule has 4 atom stereocenters. The number of rotatable bonds is 4. The molecule has 1 aromatic rings. The zero-order valence-electron chi connectivity index (χ0n) is 13.9. The van der Waals surface area contributed by atoms with E-state index in [1.54, 1.807) is 0 Å². The fraction of sp³-hybridized carbons (Fsp3) is 0.824. The summed E-state index contributed by atoms with van der Waals surface area (Å²) in [4.78, 5) is 13.0. The molecule has 0 saturated heterocycles. The van der Waals surface area contributed by atoms with Gasteiger partial charge in [0, 0.05) is 0 Å². The van der Waals surface area contributed by atoms with Crippen LogP contribution in [0.5, 0.6) is 0 Å². The normalized spacial score (nSPS) is 41.3. The Labute approximate surface area is 136 Å². The van der Waals surface area contributed by atoms with E-state index in [2.05, 4.69) is 27.2 Å². The van der Waals surface area contributed by atoms with E-state index in [9.17, 15) is 9.90 Å². The van der Waals surface area contributed by atoms with E-state index in [-0.39, 0.29) is 11.3 Å². The lowest BCUT2D eigenvalue weighted by Gasteiger charge is -2.64. The Bertz CT molecular complexity index is 645. The van der Waals surface area contributed by atoms with Gasteiger partial charge in [-0.3, -0.25) is 4.79 Å². The first-order valence-corrected chi connectivity index (χ1v) is 8.66. The highest BCUT2D eigenvalue weighted by Crippen LogP contribution is 2.67. The number of amides is 1. The summed E-state index contributed by atoms with van der Waals surface area (Å²) in [6.45, 7) is 4.36. The molecule has 0 aromatic carbocycles. The molecule has 4 aliphatic carbocycles. The molecule has 4 saturated carbocycles. The number of hydrogen-bond donors (Lipinski definition) is 2. The van der Waals surface area contributed by atoms with E-state index in [0.29, 0.717) is 30.3 Å². The van der Waals surface area contributed by atoms with Gasteiger partial charge in [-0.05, 0) is 56.8 Å². The Kier molecular flexibility index (Phi) is 3.15. The third kappa shape index (κ3) is 2.30. The van der Waals surface area contributed by atoms with Crippen molar-refractivity contribution in [3.8, 4) is 0 Å². The average Bonchev–Trinajstić information content (AvgIpc) is 2.87. The van der Waals surface area contributed by atoms with Gasteiger partial charge in [-0.25, -0.2) is 4.63 Å². The average molecular weight is 319 g/mol. The lowest BCUT2D eigenvalue weighted by atomic mass is 9.42. The number of aromatic nitrogens is 2. The molecule has 4 bridgehead atoms. The second kappa shape index (κ2) is 4.79. The minimum atomic E-state index is -0.641. The lowest BCUT2D eigenvalue weighted by molar-refractivity contribution is -0.204. The van der Waals surface area contributed by atoms with Crippen molar-refractivity contribution in [2.75, 3.05) is 0 Å². The fourth-order valence-electron chi connectivity index (χ4n) is 5.99.